The summed E-state index contributed by atoms with van der Waals surface area (Å²) in [7, 11) is -3.77. The molecular formula is C12H18N2O4S. The first-order valence-electron chi connectivity index (χ1n) is 6.38. The topological polar surface area (TPSA) is 99.3 Å². The molecule has 1 aliphatic carbocycles. The third-order valence-corrected chi connectivity index (χ3v) is 4.99. The SMILES string of the molecule is O=C(O)C(NS(=O)(=O)c1cc[nH]c1)C1CCCCC1. The molecule has 0 spiro atoms. The summed E-state index contributed by atoms with van der Waals surface area (Å²) in [6.07, 6.45) is 7.35. The van der Waals surface area contributed by atoms with Crippen LogP contribution in [0.2, 0.25) is 0 Å². The van der Waals surface area contributed by atoms with E-state index < -0.39 is 22.0 Å². The maximum atomic E-state index is 12.1. The summed E-state index contributed by atoms with van der Waals surface area (Å²) in [5.74, 6) is -1.23. The molecule has 6 nitrogen and oxygen atoms in total. The number of H-pyrrole nitrogens is 1. The van der Waals surface area contributed by atoms with E-state index in [1.54, 1.807) is 0 Å². The Hall–Kier alpha value is -1.34. The summed E-state index contributed by atoms with van der Waals surface area (Å²) in [6.45, 7) is 0. The third-order valence-electron chi connectivity index (χ3n) is 3.55. The molecule has 2 rings (SSSR count). The van der Waals surface area contributed by atoms with E-state index in [1.165, 1.54) is 18.5 Å². The number of hydrogen-bond donors (Lipinski definition) is 3. The Morgan fingerprint density at radius 2 is 2.05 bits per heavy atom. The van der Waals surface area contributed by atoms with Crippen molar-refractivity contribution >= 4 is 16.0 Å². The molecule has 1 aliphatic rings. The minimum atomic E-state index is -3.77. The molecule has 1 saturated carbocycles. The van der Waals surface area contributed by atoms with Crippen LogP contribution in [-0.2, 0) is 14.8 Å². The smallest absolute Gasteiger partial charge is 0.322 e. The average Bonchev–Trinajstić information content (AvgIpc) is 2.91. The quantitative estimate of drug-likeness (QED) is 0.760. The van der Waals surface area contributed by atoms with Gasteiger partial charge in [0.05, 0.1) is 4.90 Å². The standard InChI is InChI=1S/C12H18N2O4S/c15-12(16)11(9-4-2-1-3-5-9)14-19(17,18)10-6-7-13-8-10/h6-9,11,13-14H,1-5H2,(H,15,16). The fourth-order valence-corrected chi connectivity index (χ4v) is 3.76. The number of aromatic nitrogens is 1. The molecule has 19 heavy (non-hydrogen) atoms. The van der Waals surface area contributed by atoms with Crippen LogP contribution in [0.25, 0.3) is 0 Å². The lowest BCUT2D eigenvalue weighted by atomic mass is 9.84. The molecule has 0 bridgehead atoms. The summed E-state index contributed by atoms with van der Waals surface area (Å²) >= 11 is 0. The molecule has 106 valence electrons. The molecular weight excluding hydrogens is 268 g/mol. The monoisotopic (exact) mass is 286 g/mol. The number of rotatable bonds is 5. The van der Waals surface area contributed by atoms with Gasteiger partial charge in [-0.1, -0.05) is 19.3 Å². The van der Waals surface area contributed by atoms with E-state index in [1.807, 2.05) is 0 Å². The van der Waals surface area contributed by atoms with Crippen molar-refractivity contribution in [2.24, 2.45) is 5.92 Å². The molecule has 0 saturated heterocycles. The van der Waals surface area contributed by atoms with E-state index in [-0.39, 0.29) is 10.8 Å². The second-order valence-electron chi connectivity index (χ2n) is 4.88. The van der Waals surface area contributed by atoms with Gasteiger partial charge < -0.3 is 10.1 Å². The molecule has 1 unspecified atom stereocenters. The summed E-state index contributed by atoms with van der Waals surface area (Å²) < 4.78 is 26.4. The molecule has 0 radical (unpaired) electrons. The molecule has 1 aromatic heterocycles. The van der Waals surface area contributed by atoms with Gasteiger partial charge in [0.15, 0.2) is 0 Å². The predicted molar refractivity (Wildman–Crippen MR) is 69.1 cm³/mol. The normalized spacial score (nSPS) is 19.2. The first kappa shape index (κ1) is 14.1. The molecule has 0 aliphatic heterocycles. The molecule has 1 aromatic rings. The molecule has 1 fully saturated rings. The summed E-state index contributed by atoms with van der Waals surface area (Å²) in [5.41, 5.74) is 0. The molecule has 1 heterocycles. The van der Waals surface area contributed by atoms with Gasteiger partial charge in [-0.2, -0.15) is 4.72 Å². The fraction of sp³-hybridized carbons (Fsp3) is 0.583. The van der Waals surface area contributed by atoms with Crippen molar-refractivity contribution in [2.45, 2.75) is 43.0 Å². The molecule has 1 atom stereocenters. The van der Waals surface area contributed by atoms with Crippen molar-refractivity contribution in [3.05, 3.63) is 18.5 Å². The van der Waals surface area contributed by atoms with Crippen LogP contribution in [0.4, 0.5) is 0 Å². The molecule has 0 amide bonds. The highest BCUT2D eigenvalue weighted by atomic mass is 32.2. The summed E-state index contributed by atoms with van der Waals surface area (Å²) in [4.78, 5) is 14.0. The third kappa shape index (κ3) is 3.36. The van der Waals surface area contributed by atoms with Gasteiger partial charge >= 0.3 is 5.97 Å². The van der Waals surface area contributed by atoms with E-state index >= 15 is 0 Å². The maximum absolute atomic E-state index is 12.1. The Bertz CT molecular complexity index is 518. The van der Waals surface area contributed by atoms with Gasteiger partial charge in [-0.3, -0.25) is 4.79 Å². The van der Waals surface area contributed by atoms with Gasteiger partial charge in [0.1, 0.15) is 6.04 Å². The van der Waals surface area contributed by atoms with Crippen molar-refractivity contribution < 1.29 is 18.3 Å². The highest BCUT2D eigenvalue weighted by Crippen LogP contribution is 2.27. The number of carbonyl (C=O) groups is 1. The largest absolute Gasteiger partial charge is 0.480 e. The van der Waals surface area contributed by atoms with E-state index in [9.17, 15) is 18.3 Å². The second kappa shape index (κ2) is 5.75. The van der Waals surface area contributed by atoms with E-state index in [4.69, 9.17) is 0 Å². The number of aliphatic carboxylic acids is 1. The average molecular weight is 286 g/mol. The lowest BCUT2D eigenvalue weighted by Gasteiger charge is -2.27. The van der Waals surface area contributed by atoms with Gasteiger partial charge in [-0.05, 0) is 24.8 Å². The minimum Gasteiger partial charge on any atom is -0.480 e. The van der Waals surface area contributed by atoms with Crippen LogP contribution in [-0.4, -0.2) is 30.5 Å². The van der Waals surface area contributed by atoms with Gasteiger partial charge in [0.25, 0.3) is 0 Å². The molecule has 0 aromatic carbocycles. The number of carboxylic acid groups (broad SMARTS) is 1. The Morgan fingerprint density at radius 1 is 1.37 bits per heavy atom. The van der Waals surface area contributed by atoms with Crippen LogP contribution in [0.15, 0.2) is 23.4 Å². The van der Waals surface area contributed by atoms with Crippen molar-refractivity contribution in [3.63, 3.8) is 0 Å². The number of carboxylic acids is 1. The Morgan fingerprint density at radius 3 is 2.58 bits per heavy atom. The van der Waals surface area contributed by atoms with Gasteiger partial charge in [-0.25, -0.2) is 8.42 Å². The van der Waals surface area contributed by atoms with Crippen molar-refractivity contribution in [1.82, 2.24) is 9.71 Å². The first-order chi connectivity index (χ1) is 9.00. The lowest BCUT2D eigenvalue weighted by molar-refractivity contribution is -0.140. The summed E-state index contributed by atoms with van der Waals surface area (Å²) in [6, 6.07) is 0.363. The zero-order valence-electron chi connectivity index (χ0n) is 10.5. The zero-order valence-corrected chi connectivity index (χ0v) is 11.3. The lowest BCUT2D eigenvalue weighted by Crippen LogP contribution is -2.46. The van der Waals surface area contributed by atoms with Crippen molar-refractivity contribution in [3.8, 4) is 0 Å². The Labute approximate surface area is 112 Å². The Kier molecular flexibility index (Phi) is 4.26. The van der Waals surface area contributed by atoms with Crippen molar-refractivity contribution in [2.75, 3.05) is 0 Å². The number of hydrogen-bond acceptors (Lipinski definition) is 3. The van der Waals surface area contributed by atoms with E-state index in [0.717, 1.165) is 32.1 Å². The highest BCUT2D eigenvalue weighted by Gasteiger charge is 2.33. The highest BCUT2D eigenvalue weighted by molar-refractivity contribution is 7.89. The number of aromatic amines is 1. The molecule has 7 heteroatoms. The Balaban J connectivity index is 2.15. The van der Waals surface area contributed by atoms with Crippen molar-refractivity contribution in [1.29, 1.82) is 0 Å². The van der Waals surface area contributed by atoms with Gasteiger partial charge in [0.2, 0.25) is 10.0 Å². The first-order valence-corrected chi connectivity index (χ1v) is 7.87. The number of nitrogens with one attached hydrogen (secondary N) is 2. The van der Waals surface area contributed by atoms with E-state index in [2.05, 4.69) is 9.71 Å². The van der Waals surface area contributed by atoms with Gasteiger partial charge in [-0.15, -0.1) is 0 Å². The predicted octanol–water partition coefficient (Wildman–Crippen LogP) is 1.33. The maximum Gasteiger partial charge on any atom is 0.322 e. The van der Waals surface area contributed by atoms with Crippen LogP contribution in [0.3, 0.4) is 0 Å². The minimum absolute atomic E-state index is 0.0644. The number of sulfonamides is 1. The van der Waals surface area contributed by atoms with E-state index in [0.29, 0.717) is 0 Å². The fourth-order valence-electron chi connectivity index (χ4n) is 2.53. The van der Waals surface area contributed by atoms with Crippen LogP contribution in [0, 0.1) is 5.92 Å². The van der Waals surface area contributed by atoms with Crippen LogP contribution < -0.4 is 4.72 Å². The van der Waals surface area contributed by atoms with Gasteiger partial charge in [0, 0.05) is 12.4 Å². The second-order valence-corrected chi connectivity index (χ2v) is 6.60. The zero-order chi connectivity index (χ0) is 13.9. The summed E-state index contributed by atoms with van der Waals surface area (Å²) in [5, 5.41) is 9.25. The van der Waals surface area contributed by atoms with Crippen LogP contribution in [0.1, 0.15) is 32.1 Å². The molecule has 3 N–H and O–H groups in total. The van der Waals surface area contributed by atoms with Crippen LogP contribution in [0.5, 0.6) is 0 Å². The van der Waals surface area contributed by atoms with Crippen LogP contribution >= 0.6 is 0 Å².